The number of halogens is 3. The zero-order valence-corrected chi connectivity index (χ0v) is 26.5. The molecule has 0 aromatic heterocycles. The molecule has 2 aliphatic heterocycles. The highest BCUT2D eigenvalue weighted by molar-refractivity contribution is 8.15. The number of benzene rings is 3. The maximum absolute atomic E-state index is 13.8. The van der Waals surface area contributed by atoms with Gasteiger partial charge in [0.05, 0.1) is 5.92 Å². The Morgan fingerprint density at radius 2 is 1.50 bits per heavy atom. The maximum Gasteiger partial charge on any atom is 0.524 e. The Kier molecular flexibility index (Phi) is 9.96. The van der Waals surface area contributed by atoms with E-state index in [1.54, 1.807) is 72.8 Å². The van der Waals surface area contributed by atoms with Gasteiger partial charge >= 0.3 is 13.8 Å². The molecule has 0 saturated carbocycles. The summed E-state index contributed by atoms with van der Waals surface area (Å²) in [4.78, 5) is 53.0. The first-order valence-corrected chi connectivity index (χ1v) is 16.5. The number of aliphatic imine (C=N–C) groups is 1. The number of likely N-dealkylation sites (tertiary alicyclic amines) is 1. The molecule has 2 aliphatic rings. The molecule has 2 atom stereocenters. The number of carbonyl (C=O) groups is 2. The molecule has 0 aliphatic carbocycles. The van der Waals surface area contributed by atoms with Gasteiger partial charge in [-0.1, -0.05) is 125 Å². The quantitative estimate of drug-likeness (QED) is 0.0635. The second-order valence-electron chi connectivity index (χ2n) is 9.53. The Labute approximate surface area is 271 Å². The number of allylic oxidation sites excluding steroid dienone is 1. The topological polar surface area (TPSA) is 135 Å². The summed E-state index contributed by atoms with van der Waals surface area (Å²) in [7, 11) is -5.33. The van der Waals surface area contributed by atoms with Gasteiger partial charge < -0.3 is 14.0 Å². The van der Waals surface area contributed by atoms with E-state index in [1.807, 2.05) is 18.2 Å². The minimum atomic E-state index is -5.33. The van der Waals surface area contributed by atoms with Gasteiger partial charge in [-0.15, -0.1) is 0 Å². The molecule has 1 fully saturated rings. The summed E-state index contributed by atoms with van der Waals surface area (Å²) >= 11 is 18.7. The Morgan fingerprint density at radius 1 is 0.955 bits per heavy atom. The van der Waals surface area contributed by atoms with Crippen molar-refractivity contribution in [1.29, 1.82) is 0 Å². The van der Waals surface area contributed by atoms with Crippen LogP contribution >= 0.6 is 54.4 Å². The molecule has 2 N–H and O–H groups in total. The number of β-lactam (4-membered cyclic amide) rings is 1. The number of rotatable bonds is 11. The number of hydrogen-bond donors (Lipinski definition) is 2. The number of carbonyl (C=O) groups excluding carboxylic acids is 2. The minimum absolute atomic E-state index is 0.0576. The lowest BCUT2D eigenvalue weighted by Crippen LogP contribution is -2.61. The van der Waals surface area contributed by atoms with Crippen LogP contribution in [0.2, 0.25) is 0 Å². The second-order valence-corrected chi connectivity index (χ2v) is 14.4. The molecular weight excluding hydrogens is 674 g/mol. The van der Waals surface area contributed by atoms with Crippen LogP contribution in [0.4, 0.5) is 0 Å². The van der Waals surface area contributed by atoms with Gasteiger partial charge in [-0.25, -0.2) is 9.36 Å². The van der Waals surface area contributed by atoms with E-state index in [9.17, 15) is 23.9 Å². The number of phosphoric ester groups is 1. The molecule has 1 saturated heterocycles. The van der Waals surface area contributed by atoms with E-state index < -0.39 is 58.9 Å². The zero-order valence-electron chi connectivity index (χ0n) is 22.5. The van der Waals surface area contributed by atoms with Crippen LogP contribution in [-0.2, 0) is 23.4 Å². The van der Waals surface area contributed by atoms with Crippen LogP contribution in [0.3, 0.4) is 0 Å². The van der Waals surface area contributed by atoms with Crippen LogP contribution in [0.25, 0.3) is 0 Å². The van der Waals surface area contributed by atoms with Gasteiger partial charge in [-0.3, -0.25) is 24.5 Å². The smallest absolute Gasteiger partial charge is 0.487 e. The third-order valence-electron chi connectivity index (χ3n) is 6.44. The summed E-state index contributed by atoms with van der Waals surface area (Å²) in [5.41, 5.74) is 0.454. The highest BCUT2D eigenvalue weighted by atomic mass is 35.6. The van der Waals surface area contributed by atoms with Crippen molar-refractivity contribution in [2.45, 2.75) is 21.1 Å². The van der Waals surface area contributed by atoms with Crippen molar-refractivity contribution in [1.82, 2.24) is 4.90 Å². The number of amides is 1. The lowest BCUT2D eigenvalue weighted by molar-refractivity contribution is -0.150. The average molecular weight is 698 g/mol. The van der Waals surface area contributed by atoms with Crippen molar-refractivity contribution in [3.05, 3.63) is 114 Å². The van der Waals surface area contributed by atoms with E-state index in [0.29, 0.717) is 21.9 Å². The molecule has 0 radical (unpaired) electrons. The van der Waals surface area contributed by atoms with E-state index in [0.717, 1.165) is 16.7 Å². The third kappa shape index (κ3) is 7.79. The molecule has 5 rings (SSSR count). The summed E-state index contributed by atoms with van der Waals surface area (Å²) in [6.07, 6.45) is 0. The highest BCUT2D eigenvalue weighted by Crippen LogP contribution is 2.50. The Balaban J connectivity index is 1.59. The first-order chi connectivity index (χ1) is 20.9. The first kappa shape index (κ1) is 32.4. The zero-order chi connectivity index (χ0) is 31.5. The summed E-state index contributed by atoms with van der Waals surface area (Å²) in [6.45, 7) is -0.664. The van der Waals surface area contributed by atoms with Crippen molar-refractivity contribution in [2.24, 2.45) is 4.99 Å². The first-order valence-electron chi connectivity index (χ1n) is 13.0. The lowest BCUT2D eigenvalue weighted by Gasteiger charge is -2.42. The third-order valence-corrected chi connectivity index (χ3v) is 8.41. The van der Waals surface area contributed by atoms with E-state index >= 15 is 0 Å². The average Bonchev–Trinajstić information content (AvgIpc) is 3.37. The molecule has 2 unspecified atom stereocenters. The molecule has 1 amide bonds. The van der Waals surface area contributed by atoms with Crippen LogP contribution in [-0.4, -0.2) is 60.0 Å². The number of esters is 1. The van der Waals surface area contributed by atoms with Crippen LogP contribution in [0.1, 0.15) is 17.0 Å². The lowest BCUT2D eigenvalue weighted by atomic mass is 9.88. The number of fused-ring (bicyclic) bond motifs is 1. The summed E-state index contributed by atoms with van der Waals surface area (Å²) in [6, 6.07) is 25.3. The molecule has 0 bridgehead atoms. The second kappa shape index (κ2) is 13.5. The standard InChI is InChI=1S/C29H24Cl3N2O8PS/c30-29(31,32)17-41-28(36)24(34-26(35)23-27(34)44-21(33-23)16-40-20-14-8-3-9-15-20)25(42-43(37,38)39)22(18-10-4-1-5-11-18)19-12-6-2-7-13-19/h1-15,22-23,27H,16-17H2,(H2,37,38,39). The molecule has 0 spiro atoms. The van der Waals surface area contributed by atoms with Crippen LogP contribution in [0, 0.1) is 0 Å². The van der Waals surface area contributed by atoms with Crippen LogP contribution < -0.4 is 4.74 Å². The fourth-order valence-corrected chi connectivity index (χ4v) is 6.47. The van der Waals surface area contributed by atoms with E-state index in [4.69, 9.17) is 48.8 Å². The fourth-order valence-electron chi connectivity index (χ4n) is 4.66. The van der Waals surface area contributed by atoms with Gasteiger partial charge in [0.25, 0.3) is 5.91 Å². The normalized spacial score (nSPS) is 18.6. The van der Waals surface area contributed by atoms with Gasteiger partial charge in [0.1, 0.15) is 29.4 Å². The van der Waals surface area contributed by atoms with Gasteiger partial charge in [0, 0.05) is 0 Å². The van der Waals surface area contributed by atoms with Crippen molar-refractivity contribution in [3.8, 4) is 5.75 Å². The number of phosphoric acid groups is 1. The summed E-state index contributed by atoms with van der Waals surface area (Å²) in [5.74, 6) is -2.81. The Bertz CT molecular complexity index is 1580. The molecule has 3 aromatic rings. The molecular formula is C29H24Cl3N2O8PS. The molecule has 10 nitrogen and oxygen atoms in total. The highest BCUT2D eigenvalue weighted by Gasteiger charge is 2.57. The van der Waals surface area contributed by atoms with Gasteiger partial charge in [-0.05, 0) is 23.3 Å². The number of nitrogens with zero attached hydrogens (tertiary/aromatic N) is 2. The fraction of sp³-hybridized carbons (Fsp3) is 0.207. The molecule has 2 heterocycles. The number of para-hydroxylation sites is 1. The van der Waals surface area contributed by atoms with E-state index in [-0.39, 0.29) is 6.61 Å². The SMILES string of the molecule is O=C(OCC(Cl)(Cl)Cl)C(=C(OP(=O)(O)O)C(c1ccccc1)c1ccccc1)N1C(=O)C2N=C(COc3ccccc3)SC21. The van der Waals surface area contributed by atoms with Crippen molar-refractivity contribution in [3.63, 3.8) is 0 Å². The largest absolute Gasteiger partial charge is 0.524 e. The van der Waals surface area contributed by atoms with Gasteiger partial charge in [0.15, 0.2) is 17.5 Å². The predicted molar refractivity (Wildman–Crippen MR) is 168 cm³/mol. The Morgan fingerprint density at radius 3 is 2.02 bits per heavy atom. The van der Waals surface area contributed by atoms with Crippen molar-refractivity contribution < 1.29 is 37.9 Å². The van der Waals surface area contributed by atoms with E-state index in [2.05, 4.69) is 4.99 Å². The van der Waals surface area contributed by atoms with Crippen LogP contribution in [0.15, 0.2) is 107 Å². The van der Waals surface area contributed by atoms with Crippen LogP contribution in [0.5, 0.6) is 5.75 Å². The number of ether oxygens (including phenoxy) is 2. The maximum atomic E-state index is 13.8. The van der Waals surface area contributed by atoms with Gasteiger partial charge in [-0.2, -0.15) is 0 Å². The van der Waals surface area contributed by atoms with Crippen molar-refractivity contribution in [2.75, 3.05) is 13.2 Å². The van der Waals surface area contributed by atoms with Crippen molar-refractivity contribution >= 4 is 71.3 Å². The molecule has 44 heavy (non-hydrogen) atoms. The summed E-state index contributed by atoms with van der Waals surface area (Å²) in [5, 5.41) is -0.288. The van der Waals surface area contributed by atoms with E-state index in [1.165, 1.54) is 0 Å². The van der Waals surface area contributed by atoms with Gasteiger partial charge in [0.2, 0.25) is 3.79 Å². The minimum Gasteiger partial charge on any atom is -0.487 e. The molecule has 15 heteroatoms. The molecule has 230 valence electrons. The number of hydrogen-bond acceptors (Lipinski definition) is 8. The Hall–Kier alpha value is -3.02. The predicted octanol–water partition coefficient (Wildman–Crippen LogP) is 5.81. The monoisotopic (exact) mass is 696 g/mol. The molecule has 3 aromatic carbocycles. The number of thioether (sulfide) groups is 1. The number of alkyl halides is 3. The summed E-state index contributed by atoms with van der Waals surface area (Å²) < 4.78 is 26.8.